The summed E-state index contributed by atoms with van der Waals surface area (Å²) in [6.45, 7) is 17.0. The third kappa shape index (κ3) is 4.72. The Morgan fingerprint density at radius 2 is 1.63 bits per heavy atom. The predicted octanol–water partition coefficient (Wildman–Crippen LogP) is 5.70. The lowest BCUT2D eigenvalue weighted by atomic mass is 9.72. The van der Waals surface area contributed by atoms with Crippen molar-refractivity contribution in [1.29, 1.82) is 0 Å². The van der Waals surface area contributed by atoms with Crippen LogP contribution in [0.1, 0.15) is 73.1 Å². The molecule has 7 heteroatoms. The van der Waals surface area contributed by atoms with Crippen LogP contribution in [0.25, 0.3) is 5.78 Å². The first kappa shape index (κ1) is 22.4. The maximum atomic E-state index is 11.2. The zero-order chi connectivity index (χ0) is 22.5. The zero-order valence-electron chi connectivity index (χ0n) is 19.1. The van der Waals surface area contributed by atoms with Crippen molar-refractivity contribution in [2.45, 2.75) is 82.6 Å². The summed E-state index contributed by atoms with van der Waals surface area (Å²) in [5, 5.41) is 26.7. The Bertz CT molecular complexity index is 1080. The molecule has 2 heterocycles. The van der Waals surface area contributed by atoms with E-state index in [1.54, 1.807) is 16.6 Å². The van der Waals surface area contributed by atoms with Crippen molar-refractivity contribution >= 4 is 17.5 Å². The van der Waals surface area contributed by atoms with Gasteiger partial charge >= 0.3 is 0 Å². The molecule has 162 valence electrons. The normalized spacial score (nSPS) is 13.2. The molecule has 3 rings (SSSR count). The number of aromatic hydroxyl groups is 2. The first-order chi connectivity index (χ1) is 13.7. The minimum Gasteiger partial charge on any atom is -0.508 e. The van der Waals surface area contributed by atoms with Gasteiger partial charge in [-0.05, 0) is 35.4 Å². The predicted molar refractivity (Wildman–Crippen MR) is 120 cm³/mol. The number of phenols is 2. The van der Waals surface area contributed by atoms with E-state index in [-0.39, 0.29) is 27.7 Å². The molecule has 0 aliphatic carbocycles. The van der Waals surface area contributed by atoms with Crippen LogP contribution in [0.15, 0.2) is 34.4 Å². The van der Waals surface area contributed by atoms with Gasteiger partial charge in [-0.1, -0.05) is 67.2 Å². The van der Waals surface area contributed by atoms with Crippen LogP contribution in [0.5, 0.6) is 11.5 Å². The fraction of sp³-hybridized carbons (Fsp3) is 0.522. The standard InChI is InChI=1S/C23H32N4O2S/c1-21(2,3)12-23(7,8)15-9-14(28)10-16(19(15)29)30-18-11-17(22(4,5)6)26-20-24-13-25-27(18)20/h9-11,13,28-29H,12H2,1-8H3. The summed E-state index contributed by atoms with van der Waals surface area (Å²) in [5.74, 6) is 0.833. The maximum Gasteiger partial charge on any atom is 0.253 e. The fourth-order valence-electron chi connectivity index (χ4n) is 3.96. The quantitative estimate of drug-likeness (QED) is 0.410. The van der Waals surface area contributed by atoms with Gasteiger partial charge in [-0.3, -0.25) is 0 Å². The van der Waals surface area contributed by atoms with E-state index in [1.165, 1.54) is 18.1 Å². The van der Waals surface area contributed by atoms with Crippen LogP contribution < -0.4 is 0 Å². The second kappa shape index (κ2) is 7.45. The highest BCUT2D eigenvalue weighted by Crippen LogP contribution is 2.46. The molecule has 0 fully saturated rings. The largest absolute Gasteiger partial charge is 0.508 e. The molecule has 0 saturated heterocycles. The summed E-state index contributed by atoms with van der Waals surface area (Å²) in [7, 11) is 0. The number of aromatic nitrogens is 4. The minimum atomic E-state index is -0.312. The van der Waals surface area contributed by atoms with Gasteiger partial charge in [0, 0.05) is 11.0 Å². The van der Waals surface area contributed by atoms with E-state index in [2.05, 4.69) is 70.5 Å². The molecule has 0 unspecified atom stereocenters. The van der Waals surface area contributed by atoms with Gasteiger partial charge in [-0.25, -0.2) is 4.98 Å². The Labute approximate surface area is 182 Å². The van der Waals surface area contributed by atoms with E-state index >= 15 is 0 Å². The van der Waals surface area contributed by atoms with Gasteiger partial charge in [0.2, 0.25) is 0 Å². The van der Waals surface area contributed by atoms with Crippen molar-refractivity contribution in [1.82, 2.24) is 19.6 Å². The summed E-state index contributed by atoms with van der Waals surface area (Å²) < 4.78 is 1.66. The van der Waals surface area contributed by atoms with Crippen molar-refractivity contribution in [3.63, 3.8) is 0 Å². The van der Waals surface area contributed by atoms with Gasteiger partial charge in [0.05, 0.1) is 10.6 Å². The Hall–Kier alpha value is -2.28. The van der Waals surface area contributed by atoms with Crippen molar-refractivity contribution in [2.24, 2.45) is 5.41 Å². The molecular formula is C23H32N4O2S. The van der Waals surface area contributed by atoms with Crippen LogP contribution >= 0.6 is 11.8 Å². The highest BCUT2D eigenvalue weighted by atomic mass is 32.2. The monoisotopic (exact) mass is 428 g/mol. The van der Waals surface area contributed by atoms with Crippen LogP contribution in [0.3, 0.4) is 0 Å². The zero-order valence-corrected chi connectivity index (χ0v) is 19.9. The smallest absolute Gasteiger partial charge is 0.253 e. The van der Waals surface area contributed by atoms with Crippen LogP contribution in [-0.2, 0) is 10.8 Å². The van der Waals surface area contributed by atoms with Crippen molar-refractivity contribution in [2.75, 3.05) is 0 Å². The van der Waals surface area contributed by atoms with Crippen LogP contribution in [-0.4, -0.2) is 29.8 Å². The van der Waals surface area contributed by atoms with E-state index in [1.807, 2.05) is 6.07 Å². The van der Waals surface area contributed by atoms with Gasteiger partial charge in [-0.2, -0.15) is 14.6 Å². The number of benzene rings is 1. The second-order valence-electron chi connectivity index (χ2n) is 10.8. The molecule has 0 aliphatic rings. The van der Waals surface area contributed by atoms with Gasteiger partial charge in [0.15, 0.2) is 0 Å². The summed E-state index contributed by atoms with van der Waals surface area (Å²) >= 11 is 1.35. The second-order valence-corrected chi connectivity index (χ2v) is 11.8. The number of nitrogens with zero attached hydrogens (tertiary/aromatic N) is 4. The Morgan fingerprint density at radius 3 is 2.23 bits per heavy atom. The van der Waals surface area contributed by atoms with Gasteiger partial charge in [-0.15, -0.1) is 0 Å². The molecule has 0 amide bonds. The number of fused-ring (bicyclic) bond motifs is 1. The molecule has 1 aromatic carbocycles. The third-order valence-electron chi connectivity index (χ3n) is 4.96. The Kier molecular flexibility index (Phi) is 5.56. The van der Waals surface area contributed by atoms with E-state index in [0.29, 0.717) is 10.7 Å². The molecule has 2 N–H and O–H groups in total. The average Bonchev–Trinajstić information content (AvgIpc) is 3.03. The van der Waals surface area contributed by atoms with Crippen LogP contribution in [0, 0.1) is 5.41 Å². The van der Waals surface area contributed by atoms with Crippen LogP contribution in [0.4, 0.5) is 0 Å². The summed E-state index contributed by atoms with van der Waals surface area (Å²) in [4.78, 5) is 9.44. The molecule has 30 heavy (non-hydrogen) atoms. The Morgan fingerprint density at radius 1 is 0.967 bits per heavy atom. The van der Waals surface area contributed by atoms with Crippen molar-refractivity contribution in [3.8, 4) is 11.5 Å². The molecule has 0 radical (unpaired) electrons. The third-order valence-corrected chi connectivity index (χ3v) is 5.99. The molecule has 2 aromatic heterocycles. The SMILES string of the molecule is CC(C)(C)CC(C)(C)c1cc(O)cc(Sc2cc(C(C)(C)C)nc3ncnn23)c1O. The molecule has 0 spiro atoms. The molecule has 0 aliphatic heterocycles. The Balaban J connectivity index is 2.11. The number of hydrogen-bond donors (Lipinski definition) is 2. The number of hydrogen-bond acceptors (Lipinski definition) is 6. The molecule has 0 atom stereocenters. The number of rotatable bonds is 4. The van der Waals surface area contributed by atoms with Crippen molar-refractivity contribution < 1.29 is 10.2 Å². The summed E-state index contributed by atoms with van der Waals surface area (Å²) in [6, 6.07) is 5.23. The summed E-state index contributed by atoms with van der Waals surface area (Å²) in [5.41, 5.74) is 1.23. The van der Waals surface area contributed by atoms with Gasteiger partial charge in [0.1, 0.15) is 22.9 Å². The fourth-order valence-corrected chi connectivity index (χ4v) is 4.96. The highest BCUT2D eigenvalue weighted by Gasteiger charge is 2.31. The lowest BCUT2D eigenvalue weighted by Crippen LogP contribution is -2.25. The lowest BCUT2D eigenvalue weighted by Gasteiger charge is -2.33. The molecule has 6 nitrogen and oxygen atoms in total. The van der Waals surface area contributed by atoms with Crippen molar-refractivity contribution in [3.05, 3.63) is 35.8 Å². The lowest BCUT2D eigenvalue weighted by molar-refractivity contribution is 0.276. The first-order valence-electron chi connectivity index (χ1n) is 10.1. The molecule has 3 aromatic rings. The van der Waals surface area contributed by atoms with E-state index in [0.717, 1.165) is 22.7 Å². The summed E-state index contributed by atoms with van der Waals surface area (Å²) in [6.07, 6.45) is 2.33. The average molecular weight is 429 g/mol. The van der Waals surface area contributed by atoms with E-state index in [4.69, 9.17) is 0 Å². The topological polar surface area (TPSA) is 83.5 Å². The number of phenolic OH excluding ortho intramolecular Hbond substituents is 2. The molecule has 0 saturated carbocycles. The van der Waals surface area contributed by atoms with Gasteiger partial charge < -0.3 is 10.2 Å². The highest BCUT2D eigenvalue weighted by molar-refractivity contribution is 7.99. The van der Waals surface area contributed by atoms with E-state index < -0.39 is 0 Å². The maximum absolute atomic E-state index is 11.2. The van der Waals surface area contributed by atoms with E-state index in [9.17, 15) is 10.2 Å². The molecular weight excluding hydrogens is 396 g/mol. The van der Waals surface area contributed by atoms with Crippen LogP contribution in [0.2, 0.25) is 0 Å². The van der Waals surface area contributed by atoms with Gasteiger partial charge in [0.25, 0.3) is 5.78 Å². The molecule has 0 bridgehead atoms. The minimum absolute atomic E-state index is 0.0777. The first-order valence-corrected chi connectivity index (χ1v) is 10.9.